The Balaban J connectivity index is 0.976. The minimum absolute atomic E-state index is 0.0163. The van der Waals surface area contributed by atoms with Crippen LogP contribution in [0.4, 0.5) is 22.4 Å². The zero-order valence-electron chi connectivity index (χ0n) is 34.6. The maximum atomic E-state index is 13.7. The first kappa shape index (κ1) is 44.9. The third-order valence-corrected chi connectivity index (χ3v) is 14.4. The molecule has 4 aliphatic carbocycles. The van der Waals surface area contributed by atoms with Crippen molar-refractivity contribution in [2.45, 2.75) is 143 Å². The molecule has 0 heterocycles. The van der Waals surface area contributed by atoms with Gasteiger partial charge in [0.1, 0.15) is 6.10 Å². The van der Waals surface area contributed by atoms with Gasteiger partial charge in [0.15, 0.2) is 11.6 Å². The zero-order valence-corrected chi connectivity index (χ0v) is 34.6. The van der Waals surface area contributed by atoms with Gasteiger partial charge in [-0.2, -0.15) is 8.78 Å². The number of hydrogen-bond acceptors (Lipinski definition) is 7. The summed E-state index contributed by atoms with van der Waals surface area (Å²) >= 11 is 0. The third-order valence-electron chi connectivity index (χ3n) is 14.4. The number of amides is 1. The van der Waals surface area contributed by atoms with E-state index in [1.807, 2.05) is 0 Å². The Morgan fingerprint density at radius 2 is 1.60 bits per heavy atom. The first-order valence-electron chi connectivity index (χ1n) is 21.5. The Bertz CT molecular complexity index is 1580. The quantitative estimate of drug-likeness (QED) is 0.0379. The van der Waals surface area contributed by atoms with Gasteiger partial charge in [-0.1, -0.05) is 72.0 Å². The van der Waals surface area contributed by atoms with Crippen LogP contribution in [0.25, 0.3) is 0 Å². The predicted molar refractivity (Wildman–Crippen MR) is 208 cm³/mol. The highest BCUT2D eigenvalue weighted by molar-refractivity contribution is 5.79. The van der Waals surface area contributed by atoms with Crippen LogP contribution in [0, 0.1) is 75.5 Å². The van der Waals surface area contributed by atoms with Crippen LogP contribution in [0.15, 0.2) is 17.7 Å². The number of allylic oxidation sites excluding steroid dienone is 1. The van der Waals surface area contributed by atoms with Crippen LogP contribution in [0.3, 0.4) is 0 Å². The number of rotatable bonds is 18. The summed E-state index contributed by atoms with van der Waals surface area (Å²) < 4.78 is 69.5. The second-order valence-electron chi connectivity index (χ2n) is 18.5. The van der Waals surface area contributed by atoms with Crippen molar-refractivity contribution in [1.82, 2.24) is 5.32 Å². The molecule has 320 valence electrons. The number of nitrogens with one attached hydrogen (secondary N) is 1. The zero-order chi connectivity index (χ0) is 41.5. The number of alkyl carbamates (subject to hydrolysis) is 1. The van der Waals surface area contributed by atoms with E-state index in [1.165, 1.54) is 50.5 Å². The molecule has 4 aliphatic rings. The lowest BCUT2D eigenvalue weighted by Gasteiger charge is -2.58. The van der Waals surface area contributed by atoms with Crippen LogP contribution < -0.4 is 10.1 Å². The van der Waals surface area contributed by atoms with E-state index in [0.29, 0.717) is 37.1 Å². The third kappa shape index (κ3) is 10.7. The summed E-state index contributed by atoms with van der Waals surface area (Å²) in [6.07, 6.45) is 15.8. The molecule has 3 saturated carbocycles. The maximum absolute atomic E-state index is 13.7. The second-order valence-corrected chi connectivity index (χ2v) is 18.5. The molecule has 3 fully saturated rings. The number of fused-ring (bicyclic) bond motifs is 5. The maximum Gasteiger partial charge on any atom is 0.407 e. The molecule has 12 heteroatoms. The van der Waals surface area contributed by atoms with E-state index in [9.17, 15) is 37.1 Å². The molecule has 57 heavy (non-hydrogen) atoms. The summed E-state index contributed by atoms with van der Waals surface area (Å²) in [5.74, 6) is -6.53. The molecule has 9 atom stereocenters. The van der Waals surface area contributed by atoms with Crippen molar-refractivity contribution in [3.63, 3.8) is 0 Å². The van der Waals surface area contributed by atoms with Crippen LogP contribution in [0.1, 0.15) is 137 Å². The molecule has 8 nitrogen and oxygen atoms in total. The molecule has 0 saturated heterocycles. The standard InChI is InChI=1S/C45H65F4NO7/c1-27(2)9-8-10-28(3)33-14-15-34-32-13-12-30-23-31(18-20-44(30,4)35(32)19-21-45(33,34)5)56-43(54)50-22-7-6-11-29(25-51)26-55-38(52)16-17-39(53)57-42-40(48)36(46)24-37(47)41(42)49/h12,24,27-29,31-35,51H,6-11,13-23,25-26H2,1-5H3,(H,50,54)/t28-,29?,31+,32+,33-,34+,35+,44+,45-/m1/s1. The molecule has 1 amide bonds. The van der Waals surface area contributed by atoms with Crippen molar-refractivity contribution < 1.29 is 51.3 Å². The van der Waals surface area contributed by atoms with E-state index < -0.39 is 59.9 Å². The monoisotopic (exact) mass is 807 g/mol. The van der Waals surface area contributed by atoms with Crippen molar-refractivity contribution in [3.8, 4) is 5.75 Å². The van der Waals surface area contributed by atoms with Crippen molar-refractivity contribution >= 4 is 18.0 Å². The molecule has 5 rings (SSSR count). The highest BCUT2D eigenvalue weighted by atomic mass is 19.2. The Hall–Kier alpha value is -3.15. The van der Waals surface area contributed by atoms with Crippen molar-refractivity contribution in [2.24, 2.45) is 52.3 Å². The molecule has 0 radical (unpaired) electrons. The van der Waals surface area contributed by atoms with Crippen LogP contribution in [-0.2, 0) is 19.1 Å². The number of aliphatic hydroxyl groups excluding tert-OH is 1. The number of esters is 2. The van der Waals surface area contributed by atoms with Crippen LogP contribution in [0.5, 0.6) is 5.75 Å². The highest BCUT2D eigenvalue weighted by Crippen LogP contribution is 2.67. The highest BCUT2D eigenvalue weighted by Gasteiger charge is 2.59. The minimum atomic E-state index is -1.87. The van der Waals surface area contributed by atoms with Crippen LogP contribution >= 0.6 is 0 Å². The van der Waals surface area contributed by atoms with Gasteiger partial charge in [0.05, 0.1) is 19.4 Å². The summed E-state index contributed by atoms with van der Waals surface area (Å²) in [5.41, 5.74) is 2.12. The fourth-order valence-corrected chi connectivity index (χ4v) is 11.2. The number of aliphatic hydroxyl groups is 1. The predicted octanol–water partition coefficient (Wildman–Crippen LogP) is 10.4. The number of unbranched alkanes of at least 4 members (excludes halogenated alkanes) is 1. The first-order valence-corrected chi connectivity index (χ1v) is 21.5. The van der Waals surface area contributed by atoms with Gasteiger partial charge < -0.3 is 24.6 Å². The molecule has 0 spiro atoms. The summed E-state index contributed by atoms with van der Waals surface area (Å²) in [7, 11) is 0. The van der Waals surface area contributed by atoms with Gasteiger partial charge in [-0.05, 0) is 104 Å². The Labute approximate surface area is 336 Å². The topological polar surface area (TPSA) is 111 Å². The van der Waals surface area contributed by atoms with Crippen molar-refractivity contribution in [1.29, 1.82) is 0 Å². The molecule has 1 aromatic carbocycles. The SMILES string of the molecule is CC(C)CCC[C@@H](C)[C@H]1CC[C@H]2[C@@H]3CC=C4C[C@@H](OC(=O)NCCCCC(CO)COC(=O)CCC(=O)Oc5c(F)c(F)cc(F)c5F)CC[C@]4(C)[C@H]3CC[C@]12C. The lowest BCUT2D eigenvalue weighted by atomic mass is 9.47. The van der Waals surface area contributed by atoms with Gasteiger partial charge in [0, 0.05) is 31.6 Å². The lowest BCUT2D eigenvalue weighted by Crippen LogP contribution is -2.51. The smallest absolute Gasteiger partial charge is 0.407 e. The molecule has 2 N–H and O–H groups in total. The summed E-state index contributed by atoms with van der Waals surface area (Å²) in [5, 5.41) is 12.6. The van der Waals surface area contributed by atoms with Gasteiger partial charge in [0.25, 0.3) is 0 Å². The first-order chi connectivity index (χ1) is 27.1. The van der Waals surface area contributed by atoms with Crippen LogP contribution in [-0.4, -0.2) is 49.0 Å². The van der Waals surface area contributed by atoms with Gasteiger partial charge in [-0.25, -0.2) is 13.6 Å². The molecule has 0 aliphatic heterocycles. The average Bonchev–Trinajstić information content (AvgIpc) is 3.53. The molecular weight excluding hydrogens is 742 g/mol. The van der Waals surface area contributed by atoms with E-state index in [1.54, 1.807) is 0 Å². The normalized spacial score (nSPS) is 29.0. The fraction of sp³-hybridized carbons (Fsp3) is 0.756. The largest absolute Gasteiger partial charge is 0.465 e. The molecule has 0 bridgehead atoms. The second kappa shape index (κ2) is 19.7. The van der Waals surface area contributed by atoms with E-state index in [-0.39, 0.29) is 36.7 Å². The number of benzene rings is 1. The summed E-state index contributed by atoms with van der Waals surface area (Å²) in [4.78, 5) is 36.8. The number of hydrogen-bond donors (Lipinski definition) is 2. The number of halogens is 4. The number of carbonyl (C=O) groups is 3. The van der Waals surface area contributed by atoms with Gasteiger partial charge in [-0.15, -0.1) is 0 Å². The molecule has 1 aromatic rings. The lowest BCUT2D eigenvalue weighted by molar-refractivity contribution is -0.148. The molecule has 1 unspecified atom stereocenters. The van der Waals surface area contributed by atoms with E-state index in [0.717, 1.165) is 55.3 Å². The van der Waals surface area contributed by atoms with E-state index >= 15 is 0 Å². The van der Waals surface area contributed by atoms with Gasteiger partial charge in [-0.3, -0.25) is 9.59 Å². The number of carbonyl (C=O) groups excluding carboxylic acids is 3. The van der Waals surface area contributed by atoms with E-state index in [4.69, 9.17) is 9.47 Å². The van der Waals surface area contributed by atoms with Crippen molar-refractivity contribution in [3.05, 3.63) is 41.0 Å². The molecule has 0 aromatic heterocycles. The Morgan fingerprint density at radius 1 is 0.877 bits per heavy atom. The van der Waals surface area contributed by atoms with Gasteiger partial charge in [0.2, 0.25) is 17.4 Å². The average molecular weight is 808 g/mol. The van der Waals surface area contributed by atoms with Gasteiger partial charge >= 0.3 is 18.0 Å². The van der Waals surface area contributed by atoms with Crippen molar-refractivity contribution in [2.75, 3.05) is 19.8 Å². The Kier molecular flexibility index (Phi) is 15.6. The fourth-order valence-electron chi connectivity index (χ4n) is 11.2. The summed E-state index contributed by atoms with van der Waals surface area (Å²) in [6, 6.07) is -0.0163. The van der Waals surface area contributed by atoms with E-state index in [2.05, 4.69) is 50.7 Å². The Morgan fingerprint density at radius 3 is 2.30 bits per heavy atom. The van der Waals surface area contributed by atoms with Crippen LogP contribution in [0.2, 0.25) is 0 Å². The number of ether oxygens (including phenoxy) is 3. The summed E-state index contributed by atoms with van der Waals surface area (Å²) in [6.45, 7) is 12.3. The molecular formula is C45H65F4NO7. The minimum Gasteiger partial charge on any atom is -0.465 e.